The van der Waals surface area contributed by atoms with Crippen molar-refractivity contribution >= 4 is 0 Å². The van der Waals surface area contributed by atoms with E-state index in [4.69, 9.17) is 9.84 Å². The normalized spacial score (nSPS) is 13.1. The average molecular weight is 202 g/mol. The first kappa shape index (κ1) is 13.9. The van der Waals surface area contributed by atoms with Gasteiger partial charge in [-0.2, -0.15) is 0 Å². The Hall–Kier alpha value is -0.0800. The van der Waals surface area contributed by atoms with Gasteiger partial charge in [0.1, 0.15) is 0 Å². The lowest BCUT2D eigenvalue weighted by molar-refractivity contribution is 0.0890. The molecular weight excluding hydrogens is 176 g/mol. The van der Waals surface area contributed by atoms with Crippen molar-refractivity contribution in [2.75, 3.05) is 19.8 Å². The first-order valence-corrected chi connectivity index (χ1v) is 5.99. The first-order valence-electron chi connectivity index (χ1n) is 5.99. The SMILES string of the molecule is CCCCC(C)CCCCOCCO. The lowest BCUT2D eigenvalue weighted by Gasteiger charge is -2.10. The third-order valence-corrected chi connectivity index (χ3v) is 2.52. The Morgan fingerprint density at radius 1 is 1.07 bits per heavy atom. The molecule has 1 unspecified atom stereocenters. The van der Waals surface area contributed by atoms with Gasteiger partial charge in [-0.1, -0.05) is 46.0 Å². The Balaban J connectivity index is 3.02. The van der Waals surface area contributed by atoms with Gasteiger partial charge in [0.2, 0.25) is 0 Å². The predicted molar refractivity (Wildman–Crippen MR) is 60.4 cm³/mol. The zero-order chi connectivity index (χ0) is 10.6. The fraction of sp³-hybridized carbons (Fsp3) is 1.00. The number of aliphatic hydroxyl groups excluding tert-OH is 1. The van der Waals surface area contributed by atoms with E-state index in [0.717, 1.165) is 18.9 Å². The summed E-state index contributed by atoms with van der Waals surface area (Å²) < 4.78 is 5.20. The van der Waals surface area contributed by atoms with Gasteiger partial charge >= 0.3 is 0 Å². The van der Waals surface area contributed by atoms with Crippen LogP contribution in [0.2, 0.25) is 0 Å². The molecule has 0 aromatic carbocycles. The molecule has 0 aliphatic carbocycles. The summed E-state index contributed by atoms with van der Waals surface area (Å²) in [5.41, 5.74) is 0. The minimum Gasteiger partial charge on any atom is -0.394 e. The van der Waals surface area contributed by atoms with E-state index in [1.807, 2.05) is 0 Å². The van der Waals surface area contributed by atoms with Crippen LogP contribution in [-0.2, 0) is 4.74 Å². The molecule has 86 valence electrons. The van der Waals surface area contributed by atoms with E-state index in [9.17, 15) is 0 Å². The number of aliphatic hydroxyl groups is 1. The van der Waals surface area contributed by atoms with Crippen molar-refractivity contribution in [1.82, 2.24) is 0 Å². The van der Waals surface area contributed by atoms with Crippen LogP contribution in [0, 0.1) is 5.92 Å². The minimum atomic E-state index is 0.146. The molecule has 0 aliphatic heterocycles. The van der Waals surface area contributed by atoms with E-state index in [2.05, 4.69) is 13.8 Å². The van der Waals surface area contributed by atoms with Crippen molar-refractivity contribution in [3.63, 3.8) is 0 Å². The smallest absolute Gasteiger partial charge is 0.0697 e. The number of ether oxygens (including phenoxy) is 1. The zero-order valence-corrected chi connectivity index (χ0v) is 9.80. The molecule has 0 heterocycles. The van der Waals surface area contributed by atoms with Crippen molar-refractivity contribution in [2.24, 2.45) is 5.92 Å². The molecule has 1 N–H and O–H groups in total. The maximum absolute atomic E-state index is 8.48. The fourth-order valence-electron chi connectivity index (χ4n) is 1.56. The fourth-order valence-corrected chi connectivity index (χ4v) is 1.56. The van der Waals surface area contributed by atoms with Crippen molar-refractivity contribution in [1.29, 1.82) is 0 Å². The van der Waals surface area contributed by atoms with Crippen molar-refractivity contribution < 1.29 is 9.84 Å². The number of hydrogen-bond donors (Lipinski definition) is 1. The van der Waals surface area contributed by atoms with E-state index in [1.165, 1.54) is 32.1 Å². The monoisotopic (exact) mass is 202 g/mol. The summed E-state index contributed by atoms with van der Waals surface area (Å²) >= 11 is 0. The van der Waals surface area contributed by atoms with Crippen LogP contribution in [0.5, 0.6) is 0 Å². The number of hydrogen-bond acceptors (Lipinski definition) is 2. The lowest BCUT2D eigenvalue weighted by Crippen LogP contribution is -2.01. The second kappa shape index (κ2) is 11.0. The summed E-state index contributed by atoms with van der Waals surface area (Å²) in [4.78, 5) is 0. The van der Waals surface area contributed by atoms with Gasteiger partial charge in [0.15, 0.2) is 0 Å². The Bertz CT molecular complexity index is 104. The van der Waals surface area contributed by atoms with Crippen LogP contribution in [-0.4, -0.2) is 24.9 Å². The van der Waals surface area contributed by atoms with Crippen LogP contribution in [0.3, 0.4) is 0 Å². The van der Waals surface area contributed by atoms with Crippen LogP contribution in [0.1, 0.15) is 52.4 Å². The van der Waals surface area contributed by atoms with Crippen LogP contribution >= 0.6 is 0 Å². The molecular formula is C12H26O2. The highest BCUT2D eigenvalue weighted by atomic mass is 16.5. The highest BCUT2D eigenvalue weighted by Crippen LogP contribution is 2.14. The van der Waals surface area contributed by atoms with Crippen molar-refractivity contribution in [3.8, 4) is 0 Å². The first-order chi connectivity index (χ1) is 6.81. The van der Waals surface area contributed by atoms with Crippen molar-refractivity contribution in [2.45, 2.75) is 52.4 Å². The molecule has 14 heavy (non-hydrogen) atoms. The summed E-state index contributed by atoms with van der Waals surface area (Å²) in [5, 5.41) is 8.48. The molecule has 2 nitrogen and oxygen atoms in total. The molecule has 0 aliphatic rings. The second-order valence-corrected chi connectivity index (χ2v) is 4.08. The zero-order valence-electron chi connectivity index (χ0n) is 9.80. The molecule has 2 heteroatoms. The topological polar surface area (TPSA) is 29.5 Å². The third kappa shape index (κ3) is 10.0. The van der Waals surface area contributed by atoms with E-state index in [-0.39, 0.29) is 6.61 Å². The maximum atomic E-state index is 8.48. The number of unbranched alkanes of at least 4 members (excludes halogenated alkanes) is 2. The molecule has 0 fully saturated rings. The second-order valence-electron chi connectivity index (χ2n) is 4.08. The summed E-state index contributed by atoms with van der Waals surface area (Å²) in [6, 6.07) is 0. The molecule has 0 spiro atoms. The lowest BCUT2D eigenvalue weighted by atomic mass is 9.98. The summed E-state index contributed by atoms with van der Waals surface area (Å²) in [7, 11) is 0. The summed E-state index contributed by atoms with van der Waals surface area (Å²) in [6.45, 7) is 6.03. The van der Waals surface area contributed by atoms with Crippen LogP contribution < -0.4 is 0 Å². The summed E-state index contributed by atoms with van der Waals surface area (Å²) in [5.74, 6) is 0.868. The van der Waals surface area contributed by atoms with Crippen molar-refractivity contribution in [3.05, 3.63) is 0 Å². The van der Waals surface area contributed by atoms with Gasteiger partial charge in [-0.3, -0.25) is 0 Å². The third-order valence-electron chi connectivity index (χ3n) is 2.52. The molecule has 1 atom stereocenters. The molecule has 0 aromatic rings. The molecule has 0 rings (SSSR count). The highest BCUT2D eigenvalue weighted by molar-refractivity contribution is 4.53. The van der Waals surface area contributed by atoms with Gasteiger partial charge in [0.25, 0.3) is 0 Å². The largest absolute Gasteiger partial charge is 0.394 e. The average Bonchev–Trinajstić information content (AvgIpc) is 2.20. The van der Waals surface area contributed by atoms with Crippen LogP contribution in [0.25, 0.3) is 0 Å². The molecule has 0 saturated heterocycles. The minimum absolute atomic E-state index is 0.146. The molecule has 0 saturated carbocycles. The van der Waals surface area contributed by atoms with Gasteiger partial charge in [-0.25, -0.2) is 0 Å². The van der Waals surface area contributed by atoms with Gasteiger partial charge in [-0.05, 0) is 12.3 Å². The standard InChI is InChI=1S/C12H26O2/c1-3-4-7-12(2)8-5-6-10-14-11-9-13/h12-13H,3-11H2,1-2H3. The van der Waals surface area contributed by atoms with Crippen LogP contribution in [0.15, 0.2) is 0 Å². The molecule has 0 aromatic heterocycles. The van der Waals surface area contributed by atoms with Gasteiger partial charge in [0, 0.05) is 6.61 Å². The predicted octanol–water partition coefficient (Wildman–Crippen LogP) is 2.99. The Morgan fingerprint density at radius 2 is 1.79 bits per heavy atom. The summed E-state index contributed by atoms with van der Waals surface area (Å²) in [6.07, 6.45) is 7.76. The van der Waals surface area contributed by atoms with E-state index >= 15 is 0 Å². The van der Waals surface area contributed by atoms with Crippen LogP contribution in [0.4, 0.5) is 0 Å². The Labute approximate surface area is 88.7 Å². The van der Waals surface area contributed by atoms with Gasteiger partial charge < -0.3 is 9.84 Å². The van der Waals surface area contributed by atoms with E-state index in [0.29, 0.717) is 6.61 Å². The van der Waals surface area contributed by atoms with Gasteiger partial charge in [-0.15, -0.1) is 0 Å². The van der Waals surface area contributed by atoms with E-state index in [1.54, 1.807) is 0 Å². The maximum Gasteiger partial charge on any atom is 0.0697 e. The molecule has 0 radical (unpaired) electrons. The van der Waals surface area contributed by atoms with E-state index < -0.39 is 0 Å². The Morgan fingerprint density at radius 3 is 2.43 bits per heavy atom. The molecule has 0 bridgehead atoms. The quantitative estimate of drug-likeness (QED) is 0.552. The van der Waals surface area contributed by atoms with Gasteiger partial charge in [0.05, 0.1) is 13.2 Å². The number of rotatable bonds is 10. The Kier molecular flexibility index (Phi) is 10.9. The molecule has 0 amide bonds. The highest BCUT2D eigenvalue weighted by Gasteiger charge is 2.00.